The Morgan fingerprint density at radius 1 is 0.269 bits per heavy atom. The van der Waals surface area contributed by atoms with Gasteiger partial charge in [-0.3, -0.25) is 4.57 Å². The molecule has 10 aromatic carbocycles. The molecule has 5 heterocycles. The average Bonchev–Trinajstić information content (AvgIpc) is 4.19. The molecule has 0 amide bonds. The molecule has 0 saturated carbocycles. The number of hydrogen-bond acceptors (Lipinski definition) is 1. The van der Waals surface area contributed by atoms with Gasteiger partial charge >= 0.3 is 0 Å². The van der Waals surface area contributed by atoms with Gasteiger partial charge in [-0.15, -0.1) is 0 Å². The van der Waals surface area contributed by atoms with Crippen molar-refractivity contribution >= 4 is 98.4 Å². The molecule has 15 aromatic rings. The van der Waals surface area contributed by atoms with Gasteiger partial charge in [-0.25, -0.2) is 0 Å². The second-order valence-corrected chi connectivity index (χ2v) is 17.7. The van der Waals surface area contributed by atoms with E-state index >= 15 is 0 Å². The van der Waals surface area contributed by atoms with Crippen molar-refractivity contribution in [2.75, 3.05) is 0 Å². The molecule has 312 valence electrons. The van der Waals surface area contributed by atoms with Crippen LogP contribution in [0.3, 0.4) is 0 Å². The van der Waals surface area contributed by atoms with Crippen molar-refractivity contribution in [1.29, 1.82) is 0 Å². The van der Waals surface area contributed by atoms with Crippen LogP contribution in [0.25, 0.3) is 132 Å². The molecule has 0 radical (unpaired) electrons. The largest absolute Gasteiger partial charge is 0.439 e. The number of nitrogens with zero attached hydrogens (tertiary/aromatic N) is 4. The maximum atomic E-state index is 6.72. The number of furan rings is 1. The fourth-order valence-electron chi connectivity index (χ4n) is 11.4. The minimum absolute atomic E-state index is 0.853. The zero-order chi connectivity index (χ0) is 43.7. The first-order chi connectivity index (χ1) is 33.3. The summed E-state index contributed by atoms with van der Waals surface area (Å²) in [6.45, 7) is 0. The lowest BCUT2D eigenvalue weighted by Crippen LogP contribution is -1.97. The van der Waals surface area contributed by atoms with E-state index in [0.717, 1.165) is 72.5 Å². The summed E-state index contributed by atoms with van der Waals surface area (Å²) in [5.41, 5.74) is 16.6. The predicted octanol–water partition coefficient (Wildman–Crippen LogP) is 16.5. The van der Waals surface area contributed by atoms with Crippen molar-refractivity contribution < 1.29 is 4.42 Å². The van der Waals surface area contributed by atoms with Crippen LogP contribution >= 0.6 is 0 Å². The summed E-state index contributed by atoms with van der Waals surface area (Å²) in [7, 11) is 0. The van der Waals surface area contributed by atoms with Gasteiger partial charge in [0.05, 0.1) is 44.0 Å². The molecule has 0 bridgehead atoms. The number of fused-ring (bicyclic) bond motifs is 14. The van der Waals surface area contributed by atoms with Crippen molar-refractivity contribution in [3.8, 4) is 33.9 Å². The first-order valence-corrected chi connectivity index (χ1v) is 22.9. The maximum absolute atomic E-state index is 6.72. The molecule has 0 unspecified atom stereocenters. The van der Waals surface area contributed by atoms with E-state index < -0.39 is 0 Å². The fraction of sp³-hybridized carbons (Fsp3) is 0. The minimum Gasteiger partial charge on any atom is -0.439 e. The van der Waals surface area contributed by atoms with Crippen LogP contribution in [0.2, 0.25) is 0 Å². The van der Waals surface area contributed by atoms with Gasteiger partial charge in [-0.1, -0.05) is 140 Å². The van der Waals surface area contributed by atoms with Crippen LogP contribution in [0.1, 0.15) is 0 Å². The van der Waals surface area contributed by atoms with E-state index in [0.29, 0.717) is 0 Å². The van der Waals surface area contributed by atoms with Crippen LogP contribution < -0.4 is 0 Å². The van der Waals surface area contributed by atoms with Crippen LogP contribution in [-0.4, -0.2) is 18.3 Å². The van der Waals surface area contributed by atoms with Crippen molar-refractivity contribution in [3.05, 3.63) is 231 Å². The summed E-state index contributed by atoms with van der Waals surface area (Å²) in [6, 6.07) is 83.8. The highest BCUT2D eigenvalue weighted by atomic mass is 16.3. The molecular formula is C62H38N4O. The molecule has 0 fully saturated rings. The summed E-state index contributed by atoms with van der Waals surface area (Å²) in [5.74, 6) is 0. The van der Waals surface area contributed by atoms with Crippen LogP contribution in [0.5, 0.6) is 0 Å². The number of aromatic nitrogens is 4. The molecule has 5 heteroatoms. The third-order valence-corrected chi connectivity index (χ3v) is 14.1. The summed E-state index contributed by atoms with van der Waals surface area (Å²) in [5, 5.41) is 10.8. The SMILES string of the molecule is c1ccc(-n2c3oc4ccccc4c3c3cccc(-c4cccc(-n5c6ccc(-n7c8ccccc8c8ccccc87)cc6c6cc(-n7c8ccccc8c8ccccc87)ccc65)c4)c32)cc1. The molecule has 0 spiro atoms. The molecule has 0 N–H and O–H groups in total. The van der Waals surface area contributed by atoms with E-state index in [9.17, 15) is 0 Å². The van der Waals surface area contributed by atoms with Crippen LogP contribution in [0.15, 0.2) is 235 Å². The molecule has 0 aliphatic carbocycles. The van der Waals surface area contributed by atoms with Crippen molar-refractivity contribution in [3.63, 3.8) is 0 Å². The first kappa shape index (κ1) is 36.3. The van der Waals surface area contributed by atoms with E-state index in [2.05, 4.69) is 243 Å². The van der Waals surface area contributed by atoms with Gasteiger partial charge in [0.1, 0.15) is 5.58 Å². The minimum atomic E-state index is 0.853. The average molecular weight is 855 g/mol. The van der Waals surface area contributed by atoms with E-state index in [1.54, 1.807) is 0 Å². The predicted molar refractivity (Wildman–Crippen MR) is 279 cm³/mol. The molecule has 0 atom stereocenters. The summed E-state index contributed by atoms with van der Waals surface area (Å²) >= 11 is 0. The van der Waals surface area contributed by atoms with Gasteiger partial charge in [0.2, 0.25) is 5.71 Å². The van der Waals surface area contributed by atoms with Crippen molar-refractivity contribution in [2.24, 2.45) is 0 Å². The van der Waals surface area contributed by atoms with E-state index in [1.807, 2.05) is 6.07 Å². The van der Waals surface area contributed by atoms with Crippen molar-refractivity contribution in [2.45, 2.75) is 0 Å². The molecule has 0 saturated heterocycles. The fourth-order valence-corrected chi connectivity index (χ4v) is 11.4. The topological polar surface area (TPSA) is 32.9 Å². The Morgan fingerprint density at radius 3 is 1.27 bits per heavy atom. The highest BCUT2D eigenvalue weighted by Gasteiger charge is 2.23. The molecule has 0 aliphatic heterocycles. The highest BCUT2D eigenvalue weighted by molar-refractivity contribution is 6.22. The molecule has 15 rings (SSSR count). The Kier molecular flexibility index (Phi) is 7.44. The third-order valence-electron chi connectivity index (χ3n) is 14.1. The Labute approximate surface area is 383 Å². The second-order valence-electron chi connectivity index (χ2n) is 17.7. The summed E-state index contributed by atoms with van der Waals surface area (Å²) < 4.78 is 16.3. The van der Waals surface area contributed by atoms with E-state index in [4.69, 9.17) is 4.42 Å². The number of rotatable bonds is 5. The molecule has 67 heavy (non-hydrogen) atoms. The maximum Gasteiger partial charge on any atom is 0.213 e. The Balaban J connectivity index is 0.995. The smallest absolute Gasteiger partial charge is 0.213 e. The number of hydrogen-bond donors (Lipinski definition) is 0. The monoisotopic (exact) mass is 854 g/mol. The van der Waals surface area contributed by atoms with Gasteiger partial charge in [0.15, 0.2) is 0 Å². The van der Waals surface area contributed by atoms with E-state index in [1.165, 1.54) is 59.8 Å². The summed E-state index contributed by atoms with van der Waals surface area (Å²) in [4.78, 5) is 0. The van der Waals surface area contributed by atoms with Gasteiger partial charge in [-0.2, -0.15) is 0 Å². The molecule has 5 aromatic heterocycles. The van der Waals surface area contributed by atoms with Gasteiger partial charge in [-0.05, 0) is 96.6 Å². The molecule has 5 nitrogen and oxygen atoms in total. The highest BCUT2D eigenvalue weighted by Crippen LogP contribution is 2.44. The van der Waals surface area contributed by atoms with E-state index in [-0.39, 0.29) is 0 Å². The van der Waals surface area contributed by atoms with Gasteiger partial charge < -0.3 is 18.1 Å². The lowest BCUT2D eigenvalue weighted by Gasteiger charge is -2.14. The first-order valence-electron chi connectivity index (χ1n) is 22.9. The van der Waals surface area contributed by atoms with Crippen LogP contribution in [0.4, 0.5) is 0 Å². The Morgan fingerprint density at radius 2 is 0.701 bits per heavy atom. The lowest BCUT2D eigenvalue weighted by atomic mass is 10.0. The zero-order valence-electron chi connectivity index (χ0n) is 36.1. The number of benzene rings is 10. The third kappa shape index (κ3) is 5.08. The zero-order valence-corrected chi connectivity index (χ0v) is 36.1. The molecular weight excluding hydrogens is 817 g/mol. The second kappa shape index (κ2) is 13.7. The van der Waals surface area contributed by atoms with Crippen LogP contribution in [0, 0.1) is 0 Å². The lowest BCUT2D eigenvalue weighted by molar-refractivity contribution is 0.645. The van der Waals surface area contributed by atoms with Crippen LogP contribution in [-0.2, 0) is 0 Å². The Bertz CT molecular complexity index is 4240. The quantitative estimate of drug-likeness (QED) is 0.170. The van der Waals surface area contributed by atoms with Gasteiger partial charge in [0.25, 0.3) is 0 Å². The Hall–Kier alpha value is -9.06. The van der Waals surface area contributed by atoms with Crippen molar-refractivity contribution in [1.82, 2.24) is 18.3 Å². The standard InChI is InChI=1S/C62H38N4O/c1-2-17-40(18-3-1)66-61-44(25-15-26-50(61)60-49-24-8-13-31-59(49)67-62(60)66)39-16-14-19-41(36-39)63-57-34-32-42(64-53-27-9-4-20-45(53)46-21-5-10-28-54(46)64)37-51(57)52-38-43(33-35-58(52)63)65-55-29-11-6-22-47(55)48-23-7-12-30-56(48)65/h1-38H. The molecule has 0 aliphatic rings. The van der Waals surface area contributed by atoms with Gasteiger partial charge in [0, 0.05) is 71.4 Å². The normalized spacial score (nSPS) is 12.2. The number of para-hydroxylation sites is 7. The summed E-state index contributed by atoms with van der Waals surface area (Å²) in [6.07, 6.45) is 0.